The van der Waals surface area contributed by atoms with Gasteiger partial charge in [0.25, 0.3) is 5.89 Å². The summed E-state index contributed by atoms with van der Waals surface area (Å²) in [5.41, 5.74) is 1.25. The smallest absolute Gasteiger partial charge is 0.261 e. The Balaban J connectivity index is 1.50. The third-order valence-corrected chi connectivity index (χ3v) is 3.98. The molecular formula is C14H9FN6O2S. The maximum absolute atomic E-state index is 13.4. The fraction of sp³-hybridized carbons (Fsp3) is 0.0714. The molecule has 8 nitrogen and oxygen atoms in total. The molecule has 0 aliphatic heterocycles. The molecule has 0 unspecified atom stereocenters. The summed E-state index contributed by atoms with van der Waals surface area (Å²) in [5, 5.41) is 15.8. The van der Waals surface area contributed by atoms with Crippen molar-refractivity contribution >= 4 is 11.8 Å². The number of tetrazole rings is 1. The van der Waals surface area contributed by atoms with E-state index in [4.69, 9.17) is 8.94 Å². The van der Waals surface area contributed by atoms with E-state index in [1.54, 1.807) is 18.2 Å². The number of aromatic nitrogens is 6. The Bertz CT molecular complexity index is 952. The van der Waals surface area contributed by atoms with Gasteiger partial charge in [0.1, 0.15) is 12.1 Å². The predicted molar refractivity (Wildman–Crippen MR) is 80.7 cm³/mol. The number of halogens is 1. The molecule has 0 spiro atoms. The van der Waals surface area contributed by atoms with Crippen LogP contribution in [0.3, 0.4) is 0 Å². The van der Waals surface area contributed by atoms with Gasteiger partial charge in [-0.25, -0.2) is 4.39 Å². The van der Waals surface area contributed by atoms with E-state index in [2.05, 4.69) is 25.7 Å². The van der Waals surface area contributed by atoms with Crippen molar-refractivity contribution in [3.8, 4) is 17.1 Å². The third-order valence-electron chi connectivity index (χ3n) is 3.06. The number of benzene rings is 1. The first-order valence-electron chi connectivity index (χ1n) is 6.82. The largest absolute Gasteiger partial charge is 0.472 e. The molecule has 0 radical (unpaired) electrons. The van der Waals surface area contributed by atoms with Gasteiger partial charge in [-0.1, -0.05) is 23.0 Å². The van der Waals surface area contributed by atoms with E-state index < -0.39 is 0 Å². The van der Waals surface area contributed by atoms with Crippen LogP contribution in [0.2, 0.25) is 0 Å². The highest BCUT2D eigenvalue weighted by atomic mass is 32.2. The van der Waals surface area contributed by atoms with Crippen LogP contribution in [0.4, 0.5) is 4.39 Å². The lowest BCUT2D eigenvalue weighted by Gasteiger charge is -2.02. The molecule has 0 fully saturated rings. The number of nitrogens with zero attached hydrogens (tertiary/aromatic N) is 6. The Morgan fingerprint density at radius 3 is 3.04 bits per heavy atom. The van der Waals surface area contributed by atoms with Gasteiger partial charge in [-0.2, -0.15) is 9.67 Å². The van der Waals surface area contributed by atoms with E-state index in [-0.39, 0.29) is 5.82 Å². The zero-order chi connectivity index (χ0) is 16.4. The standard InChI is InChI=1S/C14H9FN6O2S/c15-10-2-1-3-11(6-10)21-14(17-19-20-21)24-8-12-16-13(23-18-12)9-4-5-22-7-9/h1-7H,8H2. The highest BCUT2D eigenvalue weighted by molar-refractivity contribution is 7.98. The van der Waals surface area contributed by atoms with Crippen LogP contribution in [0.25, 0.3) is 17.1 Å². The van der Waals surface area contributed by atoms with Crippen LogP contribution >= 0.6 is 11.8 Å². The van der Waals surface area contributed by atoms with Gasteiger partial charge in [0.2, 0.25) is 5.16 Å². The molecule has 3 aromatic heterocycles. The average Bonchev–Trinajstić information content (AvgIpc) is 3.33. The molecule has 0 amide bonds. The Labute approximate surface area is 138 Å². The molecule has 0 aliphatic rings. The summed E-state index contributed by atoms with van der Waals surface area (Å²) in [6.45, 7) is 0. The van der Waals surface area contributed by atoms with Crippen molar-refractivity contribution in [1.29, 1.82) is 0 Å². The van der Waals surface area contributed by atoms with Crippen molar-refractivity contribution in [1.82, 2.24) is 30.3 Å². The molecule has 24 heavy (non-hydrogen) atoms. The zero-order valence-electron chi connectivity index (χ0n) is 12.0. The molecule has 0 N–H and O–H groups in total. The molecule has 0 aliphatic carbocycles. The van der Waals surface area contributed by atoms with E-state index in [1.807, 2.05) is 0 Å². The Morgan fingerprint density at radius 2 is 2.21 bits per heavy atom. The fourth-order valence-electron chi connectivity index (χ4n) is 1.98. The number of furan rings is 1. The summed E-state index contributed by atoms with van der Waals surface area (Å²) >= 11 is 1.31. The van der Waals surface area contributed by atoms with E-state index >= 15 is 0 Å². The molecule has 0 saturated carbocycles. The summed E-state index contributed by atoms with van der Waals surface area (Å²) < 4.78 is 24.9. The van der Waals surface area contributed by atoms with Gasteiger partial charge < -0.3 is 8.94 Å². The third kappa shape index (κ3) is 2.91. The molecule has 4 aromatic rings. The van der Waals surface area contributed by atoms with Gasteiger partial charge in [-0.3, -0.25) is 0 Å². The van der Waals surface area contributed by atoms with E-state index in [1.165, 1.54) is 41.1 Å². The lowest BCUT2D eigenvalue weighted by Crippen LogP contribution is -1.99. The number of rotatable bonds is 5. The summed E-state index contributed by atoms with van der Waals surface area (Å²) in [6, 6.07) is 7.75. The highest BCUT2D eigenvalue weighted by Crippen LogP contribution is 2.23. The van der Waals surface area contributed by atoms with E-state index in [0.29, 0.717) is 33.9 Å². The van der Waals surface area contributed by atoms with Crippen LogP contribution in [0.5, 0.6) is 0 Å². The van der Waals surface area contributed by atoms with Crippen LogP contribution in [-0.2, 0) is 5.75 Å². The number of hydrogen-bond donors (Lipinski definition) is 0. The summed E-state index contributed by atoms with van der Waals surface area (Å²) in [6.07, 6.45) is 3.05. The van der Waals surface area contributed by atoms with Crippen LogP contribution in [0.1, 0.15) is 5.82 Å². The van der Waals surface area contributed by atoms with Crippen molar-refractivity contribution in [2.45, 2.75) is 10.9 Å². The van der Waals surface area contributed by atoms with Crippen LogP contribution in [0.15, 0.2) is 57.0 Å². The van der Waals surface area contributed by atoms with Crippen LogP contribution < -0.4 is 0 Å². The molecule has 3 heterocycles. The number of hydrogen-bond acceptors (Lipinski definition) is 8. The van der Waals surface area contributed by atoms with Crippen molar-refractivity contribution in [3.05, 3.63) is 54.5 Å². The maximum Gasteiger partial charge on any atom is 0.261 e. The zero-order valence-corrected chi connectivity index (χ0v) is 12.9. The Kier molecular flexibility index (Phi) is 3.79. The van der Waals surface area contributed by atoms with Gasteiger partial charge in [0, 0.05) is 0 Å². The molecule has 0 atom stereocenters. The second kappa shape index (κ2) is 6.24. The molecule has 10 heteroatoms. The first-order chi connectivity index (χ1) is 11.8. The second-order valence-corrected chi connectivity index (χ2v) is 5.61. The van der Waals surface area contributed by atoms with Crippen molar-refractivity contribution in [2.24, 2.45) is 0 Å². The Hall–Kier alpha value is -3.01. The minimum atomic E-state index is -0.359. The SMILES string of the molecule is Fc1cccc(-n2nnnc2SCc2noc(-c3ccoc3)n2)c1. The quantitative estimate of drug-likeness (QED) is 0.510. The summed E-state index contributed by atoms with van der Waals surface area (Å²) in [5.74, 6) is 0.910. The molecule has 120 valence electrons. The van der Waals surface area contributed by atoms with Gasteiger partial charge in [0.15, 0.2) is 5.82 Å². The Morgan fingerprint density at radius 1 is 1.25 bits per heavy atom. The van der Waals surface area contributed by atoms with Crippen molar-refractivity contribution in [2.75, 3.05) is 0 Å². The molecular weight excluding hydrogens is 335 g/mol. The monoisotopic (exact) mass is 344 g/mol. The van der Waals surface area contributed by atoms with Gasteiger partial charge in [0.05, 0.1) is 23.3 Å². The second-order valence-electron chi connectivity index (χ2n) is 4.67. The van der Waals surface area contributed by atoms with Crippen molar-refractivity contribution in [3.63, 3.8) is 0 Å². The highest BCUT2D eigenvalue weighted by Gasteiger charge is 2.14. The summed E-state index contributed by atoms with van der Waals surface area (Å²) in [7, 11) is 0. The van der Waals surface area contributed by atoms with Gasteiger partial charge >= 0.3 is 0 Å². The molecule has 0 bridgehead atoms. The minimum absolute atomic E-state index is 0.359. The first-order valence-corrected chi connectivity index (χ1v) is 7.80. The normalized spacial score (nSPS) is 11.0. The van der Waals surface area contributed by atoms with Gasteiger partial charge in [-0.05, 0) is 34.7 Å². The van der Waals surface area contributed by atoms with Crippen LogP contribution in [-0.4, -0.2) is 30.3 Å². The molecule has 0 saturated heterocycles. The fourth-order valence-corrected chi connectivity index (χ4v) is 2.72. The molecule has 4 rings (SSSR count). The van der Waals surface area contributed by atoms with Crippen LogP contribution in [0, 0.1) is 5.82 Å². The average molecular weight is 344 g/mol. The van der Waals surface area contributed by atoms with Crippen molar-refractivity contribution < 1.29 is 13.3 Å². The minimum Gasteiger partial charge on any atom is -0.472 e. The predicted octanol–water partition coefficient (Wildman–Crippen LogP) is 2.74. The maximum atomic E-state index is 13.4. The topological polar surface area (TPSA) is 95.7 Å². The number of thioether (sulfide) groups is 1. The molecule has 1 aromatic carbocycles. The van der Waals surface area contributed by atoms with Gasteiger partial charge in [-0.15, -0.1) is 5.10 Å². The lowest BCUT2D eigenvalue weighted by molar-refractivity contribution is 0.424. The summed E-state index contributed by atoms with van der Waals surface area (Å²) in [4.78, 5) is 4.27. The first kappa shape index (κ1) is 14.6. The van der Waals surface area contributed by atoms with E-state index in [0.717, 1.165) is 0 Å². The van der Waals surface area contributed by atoms with E-state index in [9.17, 15) is 4.39 Å². The lowest BCUT2D eigenvalue weighted by atomic mass is 10.3.